The topological polar surface area (TPSA) is 142 Å². The number of hydrogen-bond acceptors (Lipinski definition) is 5. The van der Waals surface area contributed by atoms with E-state index >= 15 is 0 Å². The van der Waals surface area contributed by atoms with Crippen LogP contribution in [0.15, 0.2) is 30.3 Å². The van der Waals surface area contributed by atoms with Crippen molar-refractivity contribution in [3.05, 3.63) is 35.9 Å². The molecule has 1 aliphatic rings. The Morgan fingerprint density at radius 1 is 1.17 bits per heavy atom. The van der Waals surface area contributed by atoms with E-state index in [4.69, 9.17) is 5.73 Å². The molecule has 0 aromatic heterocycles. The summed E-state index contributed by atoms with van der Waals surface area (Å²) in [6.45, 7) is 3.58. The van der Waals surface area contributed by atoms with Crippen molar-refractivity contribution >= 4 is 23.7 Å². The minimum atomic E-state index is -1.05. The van der Waals surface area contributed by atoms with Crippen molar-refractivity contribution in [3.8, 4) is 0 Å². The predicted molar refractivity (Wildman–Crippen MR) is 110 cm³/mol. The molecule has 9 heteroatoms. The van der Waals surface area contributed by atoms with Crippen LogP contribution in [0.5, 0.6) is 0 Å². The van der Waals surface area contributed by atoms with E-state index in [1.54, 1.807) is 13.8 Å². The van der Waals surface area contributed by atoms with Crippen molar-refractivity contribution in [2.45, 2.75) is 51.2 Å². The molecule has 0 aliphatic carbocycles. The molecule has 3 unspecified atom stereocenters. The fourth-order valence-electron chi connectivity index (χ4n) is 3.45. The van der Waals surface area contributed by atoms with Crippen LogP contribution in [-0.4, -0.2) is 64.9 Å². The van der Waals surface area contributed by atoms with Crippen molar-refractivity contribution < 1.29 is 24.3 Å². The molecule has 1 fully saturated rings. The summed E-state index contributed by atoms with van der Waals surface area (Å²) in [4.78, 5) is 49.9. The fraction of sp³-hybridized carbons (Fsp3) is 0.524. The van der Waals surface area contributed by atoms with Gasteiger partial charge in [0, 0.05) is 6.54 Å². The number of nitrogens with zero attached hydrogens (tertiary/aromatic N) is 1. The molecule has 1 aromatic carbocycles. The summed E-state index contributed by atoms with van der Waals surface area (Å²) in [5.74, 6) is -2.70. The van der Waals surface area contributed by atoms with E-state index in [2.05, 4.69) is 10.6 Å². The van der Waals surface area contributed by atoms with Crippen molar-refractivity contribution in [1.82, 2.24) is 15.5 Å². The first-order chi connectivity index (χ1) is 14.2. The second-order valence-electron chi connectivity index (χ2n) is 7.83. The number of nitrogens with two attached hydrogens (primary N) is 1. The summed E-state index contributed by atoms with van der Waals surface area (Å²) >= 11 is 0. The highest BCUT2D eigenvalue weighted by Gasteiger charge is 2.34. The van der Waals surface area contributed by atoms with Gasteiger partial charge in [-0.3, -0.25) is 14.4 Å². The third-order valence-electron chi connectivity index (χ3n) is 5.15. The summed E-state index contributed by atoms with van der Waals surface area (Å²) < 4.78 is 0. The molecule has 3 atom stereocenters. The number of rotatable bonds is 9. The fourth-order valence-corrected chi connectivity index (χ4v) is 3.45. The van der Waals surface area contributed by atoms with E-state index in [0.29, 0.717) is 25.8 Å². The van der Waals surface area contributed by atoms with E-state index in [-0.39, 0.29) is 12.5 Å². The lowest BCUT2D eigenvalue weighted by Crippen LogP contribution is -2.55. The van der Waals surface area contributed by atoms with Gasteiger partial charge in [0.05, 0.1) is 12.6 Å². The van der Waals surface area contributed by atoms with Crippen LogP contribution in [0.25, 0.3) is 0 Å². The van der Waals surface area contributed by atoms with Gasteiger partial charge in [-0.25, -0.2) is 4.79 Å². The standard InChI is InChI=1S/C21H30N4O5/c1-13(2)18(24-19(27)15(22)11-14-7-4-3-5-8-14)20(28)23-12-17(26)25-10-6-9-16(25)21(29)30/h3-5,7-8,13,15-16,18H,6,9-12,22H2,1-2H3,(H,23,28)(H,24,27)(H,29,30). The number of benzene rings is 1. The van der Waals surface area contributed by atoms with Gasteiger partial charge < -0.3 is 26.4 Å². The Morgan fingerprint density at radius 2 is 1.83 bits per heavy atom. The zero-order valence-corrected chi connectivity index (χ0v) is 17.3. The Hall–Kier alpha value is -2.94. The number of carbonyl (C=O) groups excluding carboxylic acids is 3. The minimum Gasteiger partial charge on any atom is -0.480 e. The Labute approximate surface area is 176 Å². The van der Waals surface area contributed by atoms with Gasteiger partial charge in [-0.2, -0.15) is 0 Å². The van der Waals surface area contributed by atoms with Crippen molar-refractivity contribution in [2.75, 3.05) is 13.1 Å². The van der Waals surface area contributed by atoms with E-state index in [1.807, 2.05) is 30.3 Å². The lowest BCUT2D eigenvalue weighted by atomic mass is 10.0. The lowest BCUT2D eigenvalue weighted by Gasteiger charge is -2.25. The molecule has 9 nitrogen and oxygen atoms in total. The van der Waals surface area contributed by atoms with Crippen molar-refractivity contribution in [3.63, 3.8) is 0 Å². The average Bonchev–Trinajstić information content (AvgIpc) is 3.20. The van der Waals surface area contributed by atoms with Gasteiger partial charge in [-0.05, 0) is 30.7 Å². The molecule has 1 heterocycles. The molecule has 3 amide bonds. The second kappa shape index (κ2) is 10.7. The predicted octanol–water partition coefficient (Wildman–Crippen LogP) is -0.111. The van der Waals surface area contributed by atoms with Crippen molar-refractivity contribution in [1.29, 1.82) is 0 Å². The Bertz CT molecular complexity index is 768. The van der Waals surface area contributed by atoms with Gasteiger partial charge in [0.2, 0.25) is 17.7 Å². The summed E-state index contributed by atoms with van der Waals surface area (Å²) in [7, 11) is 0. The lowest BCUT2D eigenvalue weighted by molar-refractivity contribution is -0.148. The highest BCUT2D eigenvalue weighted by Crippen LogP contribution is 2.17. The first kappa shape index (κ1) is 23.3. The van der Waals surface area contributed by atoms with Crippen LogP contribution in [0.1, 0.15) is 32.3 Å². The van der Waals surface area contributed by atoms with Gasteiger partial charge in [0.1, 0.15) is 12.1 Å². The first-order valence-corrected chi connectivity index (χ1v) is 10.1. The normalized spacial score (nSPS) is 18.0. The Kier molecular flexibility index (Phi) is 8.35. The van der Waals surface area contributed by atoms with Crippen LogP contribution >= 0.6 is 0 Å². The van der Waals surface area contributed by atoms with E-state index in [0.717, 1.165) is 5.56 Å². The number of aliphatic carboxylic acids is 1. The number of hydrogen-bond donors (Lipinski definition) is 4. The number of carboxylic acid groups (broad SMARTS) is 1. The first-order valence-electron chi connectivity index (χ1n) is 10.1. The Balaban J connectivity index is 1.90. The zero-order valence-electron chi connectivity index (χ0n) is 17.3. The molecule has 30 heavy (non-hydrogen) atoms. The summed E-state index contributed by atoms with van der Waals surface area (Å²) in [5.41, 5.74) is 6.90. The maximum absolute atomic E-state index is 12.6. The van der Waals surface area contributed by atoms with Gasteiger partial charge in [-0.15, -0.1) is 0 Å². The molecule has 2 rings (SSSR count). The second-order valence-corrected chi connectivity index (χ2v) is 7.83. The molecule has 1 aliphatic heterocycles. The van der Waals surface area contributed by atoms with Crippen molar-refractivity contribution in [2.24, 2.45) is 11.7 Å². The Morgan fingerprint density at radius 3 is 2.43 bits per heavy atom. The SMILES string of the molecule is CC(C)C(NC(=O)C(N)Cc1ccccc1)C(=O)NCC(=O)N1CCCC1C(=O)O. The van der Waals surface area contributed by atoms with E-state index < -0.39 is 41.8 Å². The van der Waals surface area contributed by atoms with Crippen LogP contribution < -0.4 is 16.4 Å². The average molecular weight is 418 g/mol. The summed E-state index contributed by atoms with van der Waals surface area (Å²) in [6, 6.07) is 6.79. The molecule has 0 spiro atoms. The molecule has 164 valence electrons. The van der Waals surface area contributed by atoms with Crippen LogP contribution in [0.3, 0.4) is 0 Å². The zero-order chi connectivity index (χ0) is 22.3. The maximum Gasteiger partial charge on any atom is 0.326 e. The third-order valence-corrected chi connectivity index (χ3v) is 5.15. The molecule has 1 aromatic rings. The quantitative estimate of drug-likeness (QED) is 0.441. The van der Waals surface area contributed by atoms with E-state index in [1.165, 1.54) is 4.90 Å². The molecule has 5 N–H and O–H groups in total. The molecule has 0 bridgehead atoms. The van der Waals surface area contributed by atoms with Crippen LogP contribution in [0.2, 0.25) is 0 Å². The largest absolute Gasteiger partial charge is 0.480 e. The molecular weight excluding hydrogens is 388 g/mol. The van der Waals surface area contributed by atoms with E-state index in [9.17, 15) is 24.3 Å². The molecule has 1 saturated heterocycles. The minimum absolute atomic E-state index is 0.230. The monoisotopic (exact) mass is 418 g/mol. The molecule has 0 saturated carbocycles. The molecule has 0 radical (unpaired) electrons. The highest BCUT2D eigenvalue weighted by atomic mass is 16.4. The number of nitrogens with one attached hydrogen (secondary N) is 2. The summed E-state index contributed by atoms with van der Waals surface area (Å²) in [5, 5.41) is 14.4. The van der Waals surface area contributed by atoms with Gasteiger partial charge in [0.15, 0.2) is 0 Å². The number of likely N-dealkylation sites (tertiary alicyclic amines) is 1. The third kappa shape index (κ3) is 6.28. The molecular formula is C21H30N4O5. The van der Waals surface area contributed by atoms with Crippen LogP contribution in [-0.2, 0) is 25.6 Å². The number of carboxylic acids is 1. The summed E-state index contributed by atoms with van der Waals surface area (Å²) in [6.07, 6.45) is 1.35. The van der Waals surface area contributed by atoms with Crippen LogP contribution in [0, 0.1) is 5.92 Å². The van der Waals surface area contributed by atoms with Gasteiger partial charge in [0.25, 0.3) is 0 Å². The van der Waals surface area contributed by atoms with Crippen LogP contribution in [0.4, 0.5) is 0 Å². The highest BCUT2D eigenvalue weighted by molar-refractivity contribution is 5.93. The maximum atomic E-state index is 12.6. The number of carbonyl (C=O) groups is 4. The smallest absolute Gasteiger partial charge is 0.326 e. The van der Waals surface area contributed by atoms with Gasteiger partial charge in [-0.1, -0.05) is 44.2 Å². The van der Waals surface area contributed by atoms with Gasteiger partial charge >= 0.3 is 5.97 Å². The number of amides is 3.